The fourth-order valence-corrected chi connectivity index (χ4v) is 5.27. The predicted molar refractivity (Wildman–Crippen MR) is 149 cm³/mol. The van der Waals surface area contributed by atoms with Crippen LogP contribution in [0.15, 0.2) is 128 Å². The van der Waals surface area contributed by atoms with Gasteiger partial charge in [0.15, 0.2) is 0 Å². The molecule has 7 aromatic rings. The lowest BCUT2D eigenvalue weighted by Gasteiger charge is -2.10. The first-order valence-corrected chi connectivity index (χ1v) is 12.2. The largest absolute Gasteiger partial charge is 0.294 e. The van der Waals surface area contributed by atoms with E-state index in [4.69, 9.17) is 4.98 Å². The standard InChI is InChI=1S/C33H23N3/c1-2-11-27-25(9-1)17-19-35-33(27)26-10-7-8-23(21-26)20-24-15-16-29-28-12-3-4-13-30(28)36(31(29)22-24)32-14-5-6-18-34-32/h1-19,21-22H,20H2. The zero-order chi connectivity index (χ0) is 23.9. The smallest absolute Gasteiger partial charge is 0.137 e. The Morgan fingerprint density at radius 1 is 0.528 bits per heavy atom. The van der Waals surface area contributed by atoms with Crippen LogP contribution in [0, 0.1) is 0 Å². The minimum Gasteiger partial charge on any atom is -0.294 e. The summed E-state index contributed by atoms with van der Waals surface area (Å²) >= 11 is 0. The molecule has 0 amide bonds. The van der Waals surface area contributed by atoms with Crippen LogP contribution in [0.4, 0.5) is 0 Å². The number of para-hydroxylation sites is 1. The van der Waals surface area contributed by atoms with Crippen LogP contribution in [-0.4, -0.2) is 14.5 Å². The number of fused-ring (bicyclic) bond motifs is 4. The second-order valence-electron chi connectivity index (χ2n) is 9.15. The molecule has 0 fully saturated rings. The zero-order valence-electron chi connectivity index (χ0n) is 19.7. The Labute approximate surface area is 209 Å². The summed E-state index contributed by atoms with van der Waals surface area (Å²) < 4.78 is 2.27. The Morgan fingerprint density at radius 3 is 2.25 bits per heavy atom. The van der Waals surface area contributed by atoms with E-state index in [9.17, 15) is 0 Å². The van der Waals surface area contributed by atoms with Crippen LogP contribution in [0.1, 0.15) is 11.1 Å². The van der Waals surface area contributed by atoms with Gasteiger partial charge in [-0.15, -0.1) is 0 Å². The normalized spacial score (nSPS) is 11.4. The van der Waals surface area contributed by atoms with E-state index in [2.05, 4.69) is 113 Å². The molecule has 3 aromatic heterocycles. The number of benzene rings is 4. The fourth-order valence-electron chi connectivity index (χ4n) is 5.27. The first kappa shape index (κ1) is 20.6. The van der Waals surface area contributed by atoms with Gasteiger partial charge in [-0.05, 0) is 59.3 Å². The highest BCUT2D eigenvalue weighted by molar-refractivity contribution is 6.09. The van der Waals surface area contributed by atoms with Gasteiger partial charge in [0.05, 0.1) is 16.7 Å². The molecule has 36 heavy (non-hydrogen) atoms. The van der Waals surface area contributed by atoms with Gasteiger partial charge in [-0.1, -0.05) is 78.9 Å². The highest BCUT2D eigenvalue weighted by atomic mass is 15.1. The van der Waals surface area contributed by atoms with E-state index in [1.165, 1.54) is 43.7 Å². The van der Waals surface area contributed by atoms with Crippen molar-refractivity contribution in [2.75, 3.05) is 0 Å². The van der Waals surface area contributed by atoms with Gasteiger partial charge in [0.1, 0.15) is 5.82 Å². The topological polar surface area (TPSA) is 30.7 Å². The van der Waals surface area contributed by atoms with Crippen molar-refractivity contribution < 1.29 is 0 Å². The molecule has 3 heterocycles. The number of nitrogens with zero attached hydrogens (tertiary/aromatic N) is 3. The maximum absolute atomic E-state index is 4.73. The van der Waals surface area contributed by atoms with Crippen molar-refractivity contribution in [1.29, 1.82) is 0 Å². The number of hydrogen-bond donors (Lipinski definition) is 0. The summed E-state index contributed by atoms with van der Waals surface area (Å²) in [4.78, 5) is 9.39. The highest BCUT2D eigenvalue weighted by Crippen LogP contribution is 2.33. The van der Waals surface area contributed by atoms with E-state index < -0.39 is 0 Å². The van der Waals surface area contributed by atoms with E-state index in [1.807, 2.05) is 24.5 Å². The molecule has 0 saturated heterocycles. The lowest BCUT2D eigenvalue weighted by Crippen LogP contribution is -1.97. The minimum absolute atomic E-state index is 0.846. The lowest BCUT2D eigenvalue weighted by atomic mass is 9.98. The third-order valence-corrected chi connectivity index (χ3v) is 6.90. The molecule has 0 atom stereocenters. The first-order valence-electron chi connectivity index (χ1n) is 12.2. The lowest BCUT2D eigenvalue weighted by molar-refractivity contribution is 1.08. The molecule has 3 heteroatoms. The van der Waals surface area contributed by atoms with E-state index in [1.54, 1.807) is 0 Å². The Hall–Kier alpha value is -4.76. The van der Waals surface area contributed by atoms with E-state index >= 15 is 0 Å². The molecule has 7 rings (SSSR count). The van der Waals surface area contributed by atoms with Crippen LogP contribution in [0.2, 0.25) is 0 Å². The maximum Gasteiger partial charge on any atom is 0.137 e. The summed E-state index contributed by atoms with van der Waals surface area (Å²) in [5.74, 6) is 0.935. The quantitative estimate of drug-likeness (QED) is 0.266. The van der Waals surface area contributed by atoms with Gasteiger partial charge in [-0.25, -0.2) is 4.98 Å². The van der Waals surface area contributed by atoms with Crippen LogP contribution in [0.25, 0.3) is 49.7 Å². The molecule has 0 radical (unpaired) electrons. The number of rotatable bonds is 4. The van der Waals surface area contributed by atoms with Gasteiger partial charge in [-0.2, -0.15) is 0 Å². The molecule has 0 bridgehead atoms. The van der Waals surface area contributed by atoms with Crippen LogP contribution >= 0.6 is 0 Å². The van der Waals surface area contributed by atoms with Crippen LogP contribution in [0.5, 0.6) is 0 Å². The third-order valence-electron chi connectivity index (χ3n) is 6.90. The SMILES string of the molecule is c1ccc(-n2c3ccccc3c3ccc(Cc4cccc(-c5nccc6ccccc56)c4)cc32)nc1. The summed E-state index contributed by atoms with van der Waals surface area (Å²) in [7, 11) is 0. The molecule has 0 spiro atoms. The summed E-state index contributed by atoms with van der Waals surface area (Å²) in [5.41, 5.74) is 7.06. The van der Waals surface area contributed by atoms with E-state index in [0.717, 1.165) is 23.5 Å². The molecule has 0 aliphatic carbocycles. The molecular weight excluding hydrogens is 438 g/mol. The first-order chi connectivity index (χ1) is 17.8. The highest BCUT2D eigenvalue weighted by Gasteiger charge is 2.13. The average Bonchev–Trinajstić information content (AvgIpc) is 3.27. The van der Waals surface area contributed by atoms with Crippen LogP contribution < -0.4 is 0 Å². The van der Waals surface area contributed by atoms with Crippen molar-refractivity contribution in [2.24, 2.45) is 0 Å². The summed E-state index contributed by atoms with van der Waals surface area (Å²) in [6.07, 6.45) is 4.60. The van der Waals surface area contributed by atoms with Gasteiger partial charge >= 0.3 is 0 Å². The van der Waals surface area contributed by atoms with Crippen molar-refractivity contribution in [1.82, 2.24) is 14.5 Å². The molecule has 4 aromatic carbocycles. The van der Waals surface area contributed by atoms with Gasteiger partial charge in [0.2, 0.25) is 0 Å². The second kappa shape index (κ2) is 8.47. The minimum atomic E-state index is 0.846. The molecule has 3 nitrogen and oxygen atoms in total. The molecule has 0 unspecified atom stereocenters. The van der Waals surface area contributed by atoms with Crippen molar-refractivity contribution in [3.8, 4) is 17.1 Å². The average molecular weight is 462 g/mol. The van der Waals surface area contributed by atoms with Crippen molar-refractivity contribution in [2.45, 2.75) is 6.42 Å². The Morgan fingerprint density at radius 2 is 1.33 bits per heavy atom. The molecule has 0 N–H and O–H groups in total. The van der Waals surface area contributed by atoms with Crippen molar-refractivity contribution in [3.63, 3.8) is 0 Å². The molecule has 0 aliphatic rings. The Kier molecular flexibility index (Phi) is 4.85. The summed E-state index contributed by atoms with van der Waals surface area (Å²) in [6.45, 7) is 0. The number of aromatic nitrogens is 3. The van der Waals surface area contributed by atoms with Crippen molar-refractivity contribution in [3.05, 3.63) is 139 Å². The number of pyridine rings is 2. The Balaban J connectivity index is 1.33. The number of hydrogen-bond acceptors (Lipinski definition) is 2. The van der Waals surface area contributed by atoms with Crippen LogP contribution in [0.3, 0.4) is 0 Å². The molecule has 0 aliphatic heterocycles. The third kappa shape index (κ3) is 3.45. The molecular formula is C33H23N3. The van der Waals surface area contributed by atoms with E-state index in [0.29, 0.717) is 0 Å². The fraction of sp³-hybridized carbons (Fsp3) is 0.0303. The predicted octanol–water partition coefficient (Wildman–Crippen LogP) is 7.98. The summed E-state index contributed by atoms with van der Waals surface area (Å²) in [5, 5.41) is 4.88. The summed E-state index contributed by atoms with van der Waals surface area (Å²) in [6, 6.07) is 40.7. The second-order valence-corrected chi connectivity index (χ2v) is 9.15. The van der Waals surface area contributed by atoms with Crippen LogP contribution in [-0.2, 0) is 6.42 Å². The Bertz CT molecular complexity index is 1860. The van der Waals surface area contributed by atoms with E-state index in [-0.39, 0.29) is 0 Å². The van der Waals surface area contributed by atoms with Gasteiger partial charge < -0.3 is 0 Å². The molecule has 170 valence electrons. The van der Waals surface area contributed by atoms with Crippen molar-refractivity contribution >= 4 is 32.6 Å². The van der Waals surface area contributed by atoms with Gasteiger partial charge in [-0.3, -0.25) is 9.55 Å². The molecule has 0 saturated carbocycles. The van der Waals surface area contributed by atoms with Gasteiger partial charge in [0.25, 0.3) is 0 Å². The maximum atomic E-state index is 4.73. The monoisotopic (exact) mass is 461 g/mol. The van der Waals surface area contributed by atoms with Gasteiger partial charge in [0, 0.05) is 34.1 Å². The zero-order valence-corrected chi connectivity index (χ0v) is 19.7.